The Morgan fingerprint density at radius 3 is 2.46 bits per heavy atom. The van der Waals surface area contributed by atoms with Crippen LogP contribution in [0.4, 0.5) is 0 Å². The molecule has 1 unspecified atom stereocenters. The third kappa shape index (κ3) is 4.76. The van der Waals surface area contributed by atoms with Gasteiger partial charge in [-0.1, -0.05) is 26.0 Å². The minimum absolute atomic E-state index is 0.654. The minimum atomic E-state index is 0.654. The van der Waals surface area contributed by atoms with Gasteiger partial charge in [0.05, 0.1) is 13.4 Å². The smallest absolute Gasteiger partial charge is 0.0819 e. The van der Waals surface area contributed by atoms with Crippen molar-refractivity contribution < 1.29 is 4.74 Å². The molecule has 0 radical (unpaired) electrons. The molecule has 0 fully saturated rings. The van der Waals surface area contributed by atoms with Crippen molar-refractivity contribution in [2.75, 3.05) is 7.11 Å². The largest absolute Gasteiger partial charge is 0.504 e. The summed E-state index contributed by atoms with van der Waals surface area (Å²) in [5.74, 6) is 0.654. The lowest BCUT2D eigenvalue weighted by molar-refractivity contribution is 0.325. The summed E-state index contributed by atoms with van der Waals surface area (Å²) in [5, 5.41) is 0. The lowest BCUT2D eigenvalue weighted by Crippen LogP contribution is -2.01. The molecule has 0 N–H and O–H groups in total. The number of hydrogen-bond acceptors (Lipinski definition) is 1. The lowest BCUT2D eigenvalue weighted by atomic mass is 9.92. The highest BCUT2D eigenvalue weighted by atomic mass is 16.5. The predicted molar refractivity (Wildman–Crippen MR) is 58.6 cm³/mol. The van der Waals surface area contributed by atoms with Gasteiger partial charge < -0.3 is 4.74 Å². The van der Waals surface area contributed by atoms with Gasteiger partial charge in [-0.25, -0.2) is 0 Å². The maximum absolute atomic E-state index is 5.07. The number of methoxy groups -OCH3 is 1. The molecule has 0 spiro atoms. The van der Waals surface area contributed by atoms with E-state index >= 15 is 0 Å². The first-order chi connectivity index (χ1) is 6.29. The second kappa shape index (κ2) is 7.90. The number of allylic oxidation sites excluding steroid dienone is 3. The van der Waals surface area contributed by atoms with Gasteiger partial charge in [-0.3, -0.25) is 0 Å². The Labute approximate surface area is 82.5 Å². The van der Waals surface area contributed by atoms with E-state index in [0.29, 0.717) is 5.92 Å². The average molecular weight is 182 g/mol. The highest BCUT2D eigenvalue weighted by Crippen LogP contribution is 2.22. The minimum Gasteiger partial charge on any atom is -0.504 e. The second-order valence-corrected chi connectivity index (χ2v) is 3.19. The maximum atomic E-state index is 5.07. The van der Waals surface area contributed by atoms with Crippen molar-refractivity contribution in [1.82, 2.24) is 0 Å². The molecule has 0 bridgehead atoms. The van der Waals surface area contributed by atoms with Gasteiger partial charge in [0.15, 0.2) is 0 Å². The van der Waals surface area contributed by atoms with Gasteiger partial charge in [0, 0.05) is 0 Å². The van der Waals surface area contributed by atoms with Crippen LogP contribution in [0, 0.1) is 5.92 Å². The molecule has 76 valence electrons. The van der Waals surface area contributed by atoms with E-state index in [9.17, 15) is 0 Å². The molecule has 0 aliphatic heterocycles. The van der Waals surface area contributed by atoms with E-state index in [1.165, 1.54) is 12.0 Å². The molecule has 1 atom stereocenters. The highest BCUT2D eigenvalue weighted by Gasteiger charge is 2.08. The van der Waals surface area contributed by atoms with Crippen LogP contribution >= 0.6 is 0 Å². The molecule has 0 heterocycles. The molecule has 0 saturated carbocycles. The Morgan fingerprint density at radius 1 is 1.38 bits per heavy atom. The SMILES string of the molecule is C/C=C\CC(CC)/C(=C/OC)CC. The topological polar surface area (TPSA) is 9.23 Å². The van der Waals surface area contributed by atoms with Crippen LogP contribution in [-0.2, 0) is 4.74 Å². The second-order valence-electron chi connectivity index (χ2n) is 3.19. The van der Waals surface area contributed by atoms with Crippen molar-refractivity contribution in [3.63, 3.8) is 0 Å². The van der Waals surface area contributed by atoms with Gasteiger partial charge in [0.25, 0.3) is 0 Å². The van der Waals surface area contributed by atoms with E-state index < -0.39 is 0 Å². The predicted octanol–water partition coefficient (Wildman–Crippen LogP) is 3.92. The summed E-state index contributed by atoms with van der Waals surface area (Å²) in [6, 6.07) is 0. The molecule has 0 rings (SSSR count). The van der Waals surface area contributed by atoms with Crippen molar-refractivity contribution in [2.45, 2.75) is 40.0 Å². The van der Waals surface area contributed by atoms with Crippen LogP contribution in [0.5, 0.6) is 0 Å². The van der Waals surface area contributed by atoms with Crippen LogP contribution < -0.4 is 0 Å². The van der Waals surface area contributed by atoms with Crippen molar-refractivity contribution >= 4 is 0 Å². The normalized spacial score (nSPS) is 14.9. The molecule has 0 aromatic rings. The van der Waals surface area contributed by atoms with Gasteiger partial charge >= 0.3 is 0 Å². The van der Waals surface area contributed by atoms with Crippen molar-refractivity contribution in [2.24, 2.45) is 5.92 Å². The molecule has 0 aromatic carbocycles. The molecule has 1 nitrogen and oxygen atoms in total. The Kier molecular flexibility index (Phi) is 7.47. The van der Waals surface area contributed by atoms with Crippen LogP contribution in [-0.4, -0.2) is 7.11 Å². The lowest BCUT2D eigenvalue weighted by Gasteiger charge is -2.15. The van der Waals surface area contributed by atoms with E-state index in [4.69, 9.17) is 4.74 Å². The van der Waals surface area contributed by atoms with Crippen LogP contribution in [0.15, 0.2) is 24.0 Å². The zero-order valence-electron chi connectivity index (χ0n) is 9.34. The fourth-order valence-corrected chi connectivity index (χ4v) is 1.50. The summed E-state index contributed by atoms with van der Waals surface area (Å²) in [5.41, 5.74) is 1.42. The molecule has 0 aliphatic rings. The molecule has 1 heteroatoms. The van der Waals surface area contributed by atoms with E-state index in [2.05, 4.69) is 32.9 Å². The fourth-order valence-electron chi connectivity index (χ4n) is 1.50. The first-order valence-electron chi connectivity index (χ1n) is 5.12. The van der Waals surface area contributed by atoms with Crippen molar-refractivity contribution in [1.29, 1.82) is 0 Å². The van der Waals surface area contributed by atoms with E-state index in [-0.39, 0.29) is 0 Å². The van der Waals surface area contributed by atoms with E-state index in [1.807, 2.05) is 6.26 Å². The first-order valence-corrected chi connectivity index (χ1v) is 5.12. The number of ether oxygens (including phenoxy) is 1. The van der Waals surface area contributed by atoms with Crippen molar-refractivity contribution in [3.8, 4) is 0 Å². The molecular weight excluding hydrogens is 160 g/mol. The summed E-state index contributed by atoms with van der Waals surface area (Å²) in [4.78, 5) is 0. The summed E-state index contributed by atoms with van der Waals surface area (Å²) in [7, 11) is 1.72. The van der Waals surface area contributed by atoms with Gasteiger partial charge in [-0.2, -0.15) is 0 Å². The summed E-state index contributed by atoms with van der Waals surface area (Å²) < 4.78 is 5.07. The molecule has 0 saturated heterocycles. The van der Waals surface area contributed by atoms with Crippen LogP contribution in [0.1, 0.15) is 40.0 Å². The van der Waals surface area contributed by atoms with E-state index in [1.54, 1.807) is 7.11 Å². The first kappa shape index (κ1) is 12.3. The standard InChI is InChI=1S/C12H22O/c1-5-8-9-11(6-2)12(7-3)10-13-4/h5,8,10-11H,6-7,9H2,1-4H3/b8-5-,12-10+. The highest BCUT2D eigenvalue weighted by molar-refractivity contribution is 5.05. The van der Waals surface area contributed by atoms with Gasteiger partial charge in [-0.15, -0.1) is 0 Å². The van der Waals surface area contributed by atoms with Crippen LogP contribution in [0.25, 0.3) is 0 Å². The quantitative estimate of drug-likeness (QED) is 0.447. The summed E-state index contributed by atoms with van der Waals surface area (Å²) in [6.45, 7) is 6.48. The van der Waals surface area contributed by atoms with Gasteiger partial charge in [0.1, 0.15) is 0 Å². The van der Waals surface area contributed by atoms with Crippen molar-refractivity contribution in [3.05, 3.63) is 24.0 Å². The zero-order chi connectivity index (χ0) is 10.1. The Bertz CT molecular complexity index is 168. The monoisotopic (exact) mass is 182 g/mol. The molecular formula is C12H22O. The van der Waals surface area contributed by atoms with Gasteiger partial charge in [-0.05, 0) is 37.7 Å². The molecule has 13 heavy (non-hydrogen) atoms. The number of hydrogen-bond donors (Lipinski definition) is 0. The molecule has 0 aromatic heterocycles. The van der Waals surface area contributed by atoms with Crippen LogP contribution in [0.3, 0.4) is 0 Å². The molecule has 0 amide bonds. The Morgan fingerprint density at radius 2 is 2.08 bits per heavy atom. The molecule has 0 aliphatic carbocycles. The van der Waals surface area contributed by atoms with Gasteiger partial charge in [0.2, 0.25) is 0 Å². The number of rotatable bonds is 6. The van der Waals surface area contributed by atoms with E-state index in [0.717, 1.165) is 12.8 Å². The maximum Gasteiger partial charge on any atom is 0.0819 e. The zero-order valence-corrected chi connectivity index (χ0v) is 9.34. The summed E-state index contributed by atoms with van der Waals surface area (Å²) in [6.07, 6.45) is 9.65. The fraction of sp³-hybridized carbons (Fsp3) is 0.667. The third-order valence-corrected chi connectivity index (χ3v) is 2.35. The summed E-state index contributed by atoms with van der Waals surface area (Å²) >= 11 is 0. The Balaban J connectivity index is 4.25. The average Bonchev–Trinajstić information content (AvgIpc) is 2.17. The Hall–Kier alpha value is -0.720. The third-order valence-electron chi connectivity index (χ3n) is 2.35. The van der Waals surface area contributed by atoms with Crippen LogP contribution in [0.2, 0.25) is 0 Å².